The van der Waals surface area contributed by atoms with Crippen molar-refractivity contribution in [2.75, 3.05) is 6.61 Å². The van der Waals surface area contributed by atoms with Crippen molar-refractivity contribution in [2.24, 2.45) is 0 Å². The van der Waals surface area contributed by atoms with Crippen LogP contribution in [-0.4, -0.2) is 6.61 Å². The smallest absolute Gasteiger partial charge is 0.106 e. The zero-order valence-electron chi connectivity index (χ0n) is 4.89. The SMILES string of the molecule is C#COCCCC=C. The summed E-state index contributed by atoms with van der Waals surface area (Å²) in [5, 5.41) is 0. The molecule has 0 saturated carbocycles. The van der Waals surface area contributed by atoms with Crippen LogP contribution in [0.15, 0.2) is 12.7 Å². The third-order valence-electron chi connectivity index (χ3n) is 0.738. The van der Waals surface area contributed by atoms with E-state index in [0.29, 0.717) is 6.61 Å². The lowest BCUT2D eigenvalue weighted by Gasteiger charge is -1.91. The van der Waals surface area contributed by atoms with Crippen LogP contribution in [0.4, 0.5) is 0 Å². The lowest BCUT2D eigenvalue weighted by Crippen LogP contribution is -1.84. The molecular formula is C7H10O. The molecule has 0 saturated heterocycles. The first-order valence-electron chi connectivity index (χ1n) is 2.60. The lowest BCUT2D eigenvalue weighted by atomic mass is 10.3. The van der Waals surface area contributed by atoms with Crippen LogP contribution in [0.25, 0.3) is 0 Å². The molecule has 1 heteroatoms. The molecule has 0 aliphatic rings. The zero-order valence-corrected chi connectivity index (χ0v) is 4.89. The van der Waals surface area contributed by atoms with Gasteiger partial charge in [0.25, 0.3) is 0 Å². The highest BCUT2D eigenvalue weighted by molar-refractivity contribution is 4.70. The van der Waals surface area contributed by atoms with E-state index in [1.807, 2.05) is 6.08 Å². The Morgan fingerprint density at radius 1 is 1.75 bits per heavy atom. The van der Waals surface area contributed by atoms with Gasteiger partial charge in [-0.1, -0.05) is 12.5 Å². The number of hydrogen-bond donors (Lipinski definition) is 0. The highest BCUT2D eigenvalue weighted by atomic mass is 16.5. The summed E-state index contributed by atoms with van der Waals surface area (Å²) in [6.45, 7) is 4.19. The molecule has 0 aliphatic heterocycles. The molecule has 0 atom stereocenters. The van der Waals surface area contributed by atoms with Gasteiger partial charge in [0.1, 0.15) is 12.7 Å². The summed E-state index contributed by atoms with van der Waals surface area (Å²) >= 11 is 0. The summed E-state index contributed by atoms with van der Waals surface area (Å²) in [7, 11) is 0. The van der Waals surface area contributed by atoms with Crippen LogP contribution in [0.5, 0.6) is 0 Å². The molecule has 0 aromatic heterocycles. The summed E-state index contributed by atoms with van der Waals surface area (Å²) in [5.41, 5.74) is 0. The van der Waals surface area contributed by atoms with Gasteiger partial charge in [-0.25, -0.2) is 0 Å². The van der Waals surface area contributed by atoms with Gasteiger partial charge in [-0.2, -0.15) is 0 Å². The lowest BCUT2D eigenvalue weighted by molar-refractivity contribution is 0.274. The van der Waals surface area contributed by atoms with Crippen LogP contribution in [0, 0.1) is 12.5 Å². The highest BCUT2D eigenvalue weighted by Gasteiger charge is 1.79. The monoisotopic (exact) mass is 110 g/mol. The molecule has 0 radical (unpaired) electrons. The van der Waals surface area contributed by atoms with Crippen LogP contribution < -0.4 is 0 Å². The molecule has 0 amide bonds. The Morgan fingerprint density at radius 2 is 2.50 bits per heavy atom. The maximum Gasteiger partial charge on any atom is 0.106 e. The summed E-state index contributed by atoms with van der Waals surface area (Å²) in [6.07, 6.45) is 10.7. The number of ether oxygens (including phenoxy) is 1. The average molecular weight is 110 g/mol. The van der Waals surface area contributed by atoms with Crippen molar-refractivity contribution in [1.29, 1.82) is 0 Å². The first kappa shape index (κ1) is 7.10. The Bertz CT molecular complexity index is 89.1. The van der Waals surface area contributed by atoms with E-state index in [9.17, 15) is 0 Å². The van der Waals surface area contributed by atoms with Gasteiger partial charge in [0.2, 0.25) is 0 Å². The number of allylic oxidation sites excluding steroid dienone is 1. The quantitative estimate of drug-likeness (QED) is 0.303. The van der Waals surface area contributed by atoms with Gasteiger partial charge in [-0.15, -0.1) is 6.58 Å². The molecule has 0 aromatic rings. The second-order valence-corrected chi connectivity index (χ2v) is 1.40. The van der Waals surface area contributed by atoms with Crippen molar-refractivity contribution in [3.8, 4) is 12.5 Å². The average Bonchev–Trinajstić information content (AvgIpc) is 1.81. The van der Waals surface area contributed by atoms with E-state index < -0.39 is 0 Å². The van der Waals surface area contributed by atoms with Crippen LogP contribution >= 0.6 is 0 Å². The van der Waals surface area contributed by atoms with Crippen molar-refractivity contribution in [2.45, 2.75) is 12.8 Å². The third-order valence-corrected chi connectivity index (χ3v) is 0.738. The minimum Gasteiger partial charge on any atom is -0.447 e. The number of unbranched alkanes of at least 4 members (excludes halogenated alkanes) is 1. The molecule has 0 bridgehead atoms. The van der Waals surface area contributed by atoms with E-state index in [4.69, 9.17) is 6.42 Å². The van der Waals surface area contributed by atoms with Gasteiger partial charge in [-0.05, 0) is 12.8 Å². The van der Waals surface area contributed by atoms with E-state index in [2.05, 4.69) is 17.4 Å². The Balaban J connectivity index is 2.74. The van der Waals surface area contributed by atoms with Gasteiger partial charge in [0.05, 0.1) is 0 Å². The van der Waals surface area contributed by atoms with Crippen molar-refractivity contribution in [3.05, 3.63) is 12.7 Å². The van der Waals surface area contributed by atoms with Crippen molar-refractivity contribution in [3.63, 3.8) is 0 Å². The topological polar surface area (TPSA) is 9.23 Å². The standard InChI is InChI=1S/C7H10O/c1-3-5-6-7-8-4-2/h2-3H,1,5-7H2. The third kappa shape index (κ3) is 5.10. The first-order valence-corrected chi connectivity index (χ1v) is 2.60. The van der Waals surface area contributed by atoms with E-state index >= 15 is 0 Å². The number of rotatable bonds is 4. The number of terminal acetylenes is 1. The summed E-state index contributed by atoms with van der Waals surface area (Å²) in [6, 6.07) is 0. The molecule has 0 N–H and O–H groups in total. The molecule has 0 unspecified atom stereocenters. The maximum atomic E-state index is 4.81. The fourth-order valence-electron chi connectivity index (χ4n) is 0.359. The van der Waals surface area contributed by atoms with Gasteiger partial charge >= 0.3 is 0 Å². The van der Waals surface area contributed by atoms with E-state index in [1.54, 1.807) is 0 Å². The largest absolute Gasteiger partial charge is 0.447 e. The highest BCUT2D eigenvalue weighted by Crippen LogP contribution is 1.87. The Hall–Kier alpha value is -0.900. The fourth-order valence-corrected chi connectivity index (χ4v) is 0.359. The summed E-state index contributed by atoms with van der Waals surface area (Å²) in [5.74, 6) is 0. The first-order chi connectivity index (χ1) is 3.91. The molecule has 0 fully saturated rings. The second-order valence-electron chi connectivity index (χ2n) is 1.40. The van der Waals surface area contributed by atoms with Gasteiger partial charge in [0.15, 0.2) is 0 Å². The molecular weight excluding hydrogens is 100 g/mol. The van der Waals surface area contributed by atoms with Crippen LogP contribution in [0.2, 0.25) is 0 Å². The summed E-state index contributed by atoms with van der Waals surface area (Å²) < 4.78 is 4.62. The molecule has 0 aliphatic carbocycles. The molecule has 1 nitrogen and oxygen atoms in total. The van der Waals surface area contributed by atoms with Crippen molar-refractivity contribution < 1.29 is 4.74 Å². The van der Waals surface area contributed by atoms with Gasteiger partial charge < -0.3 is 4.74 Å². The Morgan fingerprint density at radius 3 is 3.00 bits per heavy atom. The second kappa shape index (κ2) is 6.10. The van der Waals surface area contributed by atoms with E-state index in [-0.39, 0.29) is 0 Å². The normalized spacial score (nSPS) is 7.38. The van der Waals surface area contributed by atoms with E-state index in [1.165, 1.54) is 0 Å². The summed E-state index contributed by atoms with van der Waals surface area (Å²) in [4.78, 5) is 0. The molecule has 0 rings (SSSR count). The molecule has 0 spiro atoms. The molecule has 0 heterocycles. The molecule has 44 valence electrons. The molecule has 0 aromatic carbocycles. The Labute approximate surface area is 50.4 Å². The van der Waals surface area contributed by atoms with Gasteiger partial charge in [0, 0.05) is 0 Å². The number of hydrogen-bond acceptors (Lipinski definition) is 1. The maximum absolute atomic E-state index is 4.81. The van der Waals surface area contributed by atoms with Gasteiger partial charge in [-0.3, -0.25) is 0 Å². The van der Waals surface area contributed by atoms with Crippen LogP contribution in [-0.2, 0) is 4.74 Å². The zero-order chi connectivity index (χ0) is 6.24. The van der Waals surface area contributed by atoms with E-state index in [0.717, 1.165) is 12.8 Å². The van der Waals surface area contributed by atoms with Crippen LogP contribution in [0.3, 0.4) is 0 Å². The Kier molecular flexibility index (Phi) is 5.41. The molecule has 8 heavy (non-hydrogen) atoms. The minimum absolute atomic E-state index is 0.641. The van der Waals surface area contributed by atoms with Crippen molar-refractivity contribution in [1.82, 2.24) is 0 Å². The minimum atomic E-state index is 0.641. The fraction of sp³-hybridized carbons (Fsp3) is 0.429. The predicted molar refractivity (Wildman–Crippen MR) is 34.2 cm³/mol. The predicted octanol–water partition coefficient (Wildman–Crippen LogP) is 1.56. The van der Waals surface area contributed by atoms with Crippen LogP contribution in [0.1, 0.15) is 12.8 Å². The van der Waals surface area contributed by atoms with Crippen molar-refractivity contribution >= 4 is 0 Å².